The SMILES string of the molecule is Nc1ccc(N2CCSCC2)c2cccnc12. The number of hydrogen-bond donors (Lipinski definition) is 1. The summed E-state index contributed by atoms with van der Waals surface area (Å²) in [5, 5.41) is 1.17. The molecule has 1 fully saturated rings. The second-order valence-corrected chi connectivity index (χ2v) is 5.40. The predicted molar refractivity (Wildman–Crippen MR) is 75.7 cm³/mol. The number of nitrogen functional groups attached to an aromatic ring is 1. The van der Waals surface area contributed by atoms with Crippen molar-refractivity contribution in [3.05, 3.63) is 30.5 Å². The molecule has 0 atom stereocenters. The van der Waals surface area contributed by atoms with Crippen LogP contribution in [0.15, 0.2) is 30.5 Å². The minimum Gasteiger partial charge on any atom is -0.397 e. The van der Waals surface area contributed by atoms with Crippen molar-refractivity contribution >= 4 is 34.0 Å². The second-order valence-electron chi connectivity index (χ2n) is 4.17. The molecule has 3 rings (SSSR count). The number of thioether (sulfide) groups is 1. The van der Waals surface area contributed by atoms with E-state index in [0.29, 0.717) is 0 Å². The fourth-order valence-electron chi connectivity index (χ4n) is 2.26. The van der Waals surface area contributed by atoms with E-state index in [4.69, 9.17) is 5.73 Å². The van der Waals surface area contributed by atoms with E-state index in [0.717, 1.165) is 24.3 Å². The predicted octanol–water partition coefficient (Wildman–Crippen LogP) is 2.37. The van der Waals surface area contributed by atoms with Gasteiger partial charge in [-0.3, -0.25) is 4.98 Å². The first kappa shape index (κ1) is 10.7. The van der Waals surface area contributed by atoms with Crippen molar-refractivity contribution in [1.82, 2.24) is 4.98 Å². The van der Waals surface area contributed by atoms with Gasteiger partial charge in [-0.1, -0.05) is 0 Å². The zero-order valence-electron chi connectivity index (χ0n) is 9.60. The summed E-state index contributed by atoms with van der Waals surface area (Å²) in [6.45, 7) is 2.22. The van der Waals surface area contributed by atoms with Crippen LogP contribution in [-0.4, -0.2) is 29.6 Å². The molecule has 0 unspecified atom stereocenters. The zero-order chi connectivity index (χ0) is 11.7. The van der Waals surface area contributed by atoms with E-state index in [1.165, 1.54) is 22.6 Å². The van der Waals surface area contributed by atoms with Gasteiger partial charge >= 0.3 is 0 Å². The Morgan fingerprint density at radius 2 is 2.00 bits per heavy atom. The minimum atomic E-state index is 0.760. The van der Waals surface area contributed by atoms with Crippen LogP contribution in [0.2, 0.25) is 0 Å². The number of fused-ring (bicyclic) bond motifs is 1. The average Bonchev–Trinajstić information content (AvgIpc) is 2.41. The number of hydrogen-bond acceptors (Lipinski definition) is 4. The Kier molecular flexibility index (Phi) is 2.81. The quantitative estimate of drug-likeness (QED) is 0.783. The number of pyridine rings is 1. The summed E-state index contributed by atoms with van der Waals surface area (Å²) in [7, 11) is 0. The number of benzene rings is 1. The van der Waals surface area contributed by atoms with E-state index < -0.39 is 0 Å². The Morgan fingerprint density at radius 3 is 2.82 bits per heavy atom. The van der Waals surface area contributed by atoms with E-state index in [-0.39, 0.29) is 0 Å². The maximum Gasteiger partial charge on any atom is 0.0951 e. The summed E-state index contributed by atoms with van der Waals surface area (Å²) in [6.07, 6.45) is 1.80. The highest BCUT2D eigenvalue weighted by Gasteiger charge is 2.14. The van der Waals surface area contributed by atoms with Crippen molar-refractivity contribution in [2.75, 3.05) is 35.2 Å². The Labute approximate surface area is 105 Å². The molecule has 2 N–H and O–H groups in total. The van der Waals surface area contributed by atoms with Crippen LogP contribution >= 0.6 is 11.8 Å². The lowest BCUT2D eigenvalue weighted by Gasteiger charge is -2.29. The molecule has 2 heterocycles. The molecule has 1 aliphatic heterocycles. The highest BCUT2D eigenvalue weighted by atomic mass is 32.2. The van der Waals surface area contributed by atoms with Gasteiger partial charge in [0.15, 0.2) is 0 Å². The van der Waals surface area contributed by atoms with Crippen LogP contribution in [0.1, 0.15) is 0 Å². The van der Waals surface area contributed by atoms with Crippen molar-refractivity contribution in [1.29, 1.82) is 0 Å². The molecule has 3 nitrogen and oxygen atoms in total. The summed E-state index contributed by atoms with van der Waals surface area (Å²) in [4.78, 5) is 6.81. The first-order chi connectivity index (χ1) is 8.36. The summed E-state index contributed by atoms with van der Waals surface area (Å²) in [5.74, 6) is 2.40. The lowest BCUT2D eigenvalue weighted by molar-refractivity contribution is 0.863. The summed E-state index contributed by atoms with van der Waals surface area (Å²) in [6, 6.07) is 8.17. The maximum atomic E-state index is 5.97. The number of nitrogens with zero attached hydrogens (tertiary/aromatic N) is 2. The van der Waals surface area contributed by atoms with E-state index in [2.05, 4.69) is 22.0 Å². The Hall–Kier alpha value is -1.42. The molecule has 0 saturated carbocycles. The largest absolute Gasteiger partial charge is 0.397 e. The van der Waals surface area contributed by atoms with Gasteiger partial charge in [-0.25, -0.2) is 0 Å². The van der Waals surface area contributed by atoms with Crippen LogP contribution in [0.25, 0.3) is 10.9 Å². The van der Waals surface area contributed by atoms with Gasteiger partial charge in [0.2, 0.25) is 0 Å². The number of aromatic nitrogens is 1. The van der Waals surface area contributed by atoms with Crippen molar-refractivity contribution in [3.63, 3.8) is 0 Å². The van der Waals surface area contributed by atoms with Crippen LogP contribution in [0.3, 0.4) is 0 Å². The second kappa shape index (κ2) is 4.45. The van der Waals surface area contributed by atoms with Crippen LogP contribution in [0.4, 0.5) is 11.4 Å². The zero-order valence-corrected chi connectivity index (χ0v) is 10.4. The Bertz CT molecular complexity index is 535. The van der Waals surface area contributed by atoms with Gasteiger partial charge in [0.1, 0.15) is 0 Å². The monoisotopic (exact) mass is 245 g/mol. The molecule has 4 heteroatoms. The molecule has 1 aliphatic rings. The van der Waals surface area contributed by atoms with Crippen molar-refractivity contribution in [3.8, 4) is 0 Å². The molecular formula is C13H15N3S. The molecular weight excluding hydrogens is 230 g/mol. The van der Waals surface area contributed by atoms with Gasteiger partial charge in [0.25, 0.3) is 0 Å². The summed E-state index contributed by atoms with van der Waals surface area (Å²) < 4.78 is 0. The maximum absolute atomic E-state index is 5.97. The normalized spacial score (nSPS) is 16.4. The van der Waals surface area contributed by atoms with E-state index >= 15 is 0 Å². The summed E-state index contributed by atoms with van der Waals surface area (Å²) in [5.41, 5.74) is 8.92. The third-order valence-electron chi connectivity index (χ3n) is 3.13. The van der Waals surface area contributed by atoms with Gasteiger partial charge < -0.3 is 10.6 Å². The molecule has 1 aromatic carbocycles. The number of anilines is 2. The topological polar surface area (TPSA) is 42.1 Å². The van der Waals surface area contributed by atoms with E-state index in [1.54, 1.807) is 6.20 Å². The van der Waals surface area contributed by atoms with Gasteiger partial charge in [0, 0.05) is 41.9 Å². The van der Waals surface area contributed by atoms with Crippen LogP contribution in [0.5, 0.6) is 0 Å². The molecule has 0 bridgehead atoms. The fraction of sp³-hybridized carbons (Fsp3) is 0.308. The van der Waals surface area contributed by atoms with Gasteiger partial charge in [-0.15, -0.1) is 0 Å². The highest BCUT2D eigenvalue weighted by molar-refractivity contribution is 7.99. The standard InChI is InChI=1S/C13H15N3S/c14-11-3-4-12(16-6-8-17-9-7-16)10-2-1-5-15-13(10)11/h1-5H,6-9,14H2. The number of nitrogens with two attached hydrogens (primary N) is 1. The Morgan fingerprint density at radius 1 is 1.18 bits per heavy atom. The third-order valence-corrected chi connectivity index (χ3v) is 4.07. The van der Waals surface area contributed by atoms with Crippen molar-refractivity contribution < 1.29 is 0 Å². The fourth-order valence-corrected chi connectivity index (χ4v) is 3.16. The lowest BCUT2D eigenvalue weighted by atomic mass is 10.1. The molecule has 0 amide bonds. The molecule has 0 radical (unpaired) electrons. The number of rotatable bonds is 1. The smallest absolute Gasteiger partial charge is 0.0951 e. The van der Waals surface area contributed by atoms with Crippen LogP contribution < -0.4 is 10.6 Å². The van der Waals surface area contributed by atoms with Crippen LogP contribution in [-0.2, 0) is 0 Å². The van der Waals surface area contributed by atoms with Gasteiger partial charge in [-0.05, 0) is 24.3 Å². The molecule has 1 saturated heterocycles. The first-order valence-electron chi connectivity index (χ1n) is 5.82. The van der Waals surface area contributed by atoms with Crippen molar-refractivity contribution in [2.24, 2.45) is 0 Å². The average molecular weight is 245 g/mol. The van der Waals surface area contributed by atoms with E-state index in [9.17, 15) is 0 Å². The molecule has 2 aromatic rings. The van der Waals surface area contributed by atoms with Gasteiger partial charge in [-0.2, -0.15) is 11.8 Å². The first-order valence-corrected chi connectivity index (χ1v) is 6.97. The van der Waals surface area contributed by atoms with Gasteiger partial charge in [0.05, 0.1) is 11.2 Å². The molecule has 1 aromatic heterocycles. The molecule has 0 spiro atoms. The summed E-state index contributed by atoms with van der Waals surface area (Å²) >= 11 is 2.02. The van der Waals surface area contributed by atoms with E-state index in [1.807, 2.05) is 23.9 Å². The highest BCUT2D eigenvalue weighted by Crippen LogP contribution is 2.30. The van der Waals surface area contributed by atoms with Crippen LogP contribution in [0, 0.1) is 0 Å². The molecule has 17 heavy (non-hydrogen) atoms. The Balaban J connectivity index is 2.12. The molecule has 0 aliphatic carbocycles. The third kappa shape index (κ3) is 1.93. The lowest BCUT2D eigenvalue weighted by Crippen LogP contribution is -2.32. The molecule has 88 valence electrons. The van der Waals surface area contributed by atoms with Crippen molar-refractivity contribution in [2.45, 2.75) is 0 Å². The minimum absolute atomic E-state index is 0.760.